The number of aliphatic carboxylic acids is 1. The minimum atomic E-state index is -1.61. The van der Waals surface area contributed by atoms with Crippen LogP contribution in [0.25, 0.3) is 0 Å². The number of allylic oxidation sites excluding steroid dienone is 2. The second-order valence-electron chi connectivity index (χ2n) is 2.42. The van der Waals surface area contributed by atoms with Gasteiger partial charge in [-0.15, -0.1) is 0 Å². The predicted octanol–water partition coefficient (Wildman–Crippen LogP) is 0.822. The van der Waals surface area contributed by atoms with Crippen LogP contribution in [0.2, 0.25) is 0 Å². The number of thiol groups is 1. The first-order valence-corrected chi connectivity index (χ1v) is 4.62. The summed E-state index contributed by atoms with van der Waals surface area (Å²) in [5.41, 5.74) is 0. The number of rotatable bonds is 2. The van der Waals surface area contributed by atoms with Crippen LogP contribution in [0.1, 0.15) is 6.92 Å². The van der Waals surface area contributed by atoms with Crippen LogP contribution in [-0.4, -0.2) is 21.1 Å². The highest BCUT2D eigenvalue weighted by atomic mass is 32.2. The Morgan fingerprint density at radius 2 is 1.91 bits per heavy atom. The van der Waals surface area contributed by atoms with Gasteiger partial charge in [0.05, 0.1) is 0 Å². The molecular weight excluding hydrogens is 164 g/mol. The van der Waals surface area contributed by atoms with Gasteiger partial charge in [-0.2, -0.15) is 10.9 Å². The van der Waals surface area contributed by atoms with Gasteiger partial charge >= 0.3 is 5.97 Å². The van der Waals surface area contributed by atoms with Crippen molar-refractivity contribution in [2.24, 2.45) is 0 Å². The van der Waals surface area contributed by atoms with Crippen molar-refractivity contribution in [1.29, 1.82) is 0 Å². The van der Waals surface area contributed by atoms with Crippen molar-refractivity contribution >= 4 is 16.9 Å². The lowest BCUT2D eigenvalue weighted by Crippen LogP contribution is -2.33. The Kier molecular flexibility index (Phi) is 2.06. The molecule has 3 nitrogen and oxygen atoms in total. The van der Waals surface area contributed by atoms with Crippen LogP contribution in [-0.2, 0) is 4.79 Å². The van der Waals surface area contributed by atoms with Gasteiger partial charge in [-0.25, -0.2) is 4.79 Å². The maximum absolute atomic E-state index is 10.5. The van der Waals surface area contributed by atoms with E-state index in [-0.39, 0.29) is 0 Å². The molecule has 0 aromatic rings. The van der Waals surface area contributed by atoms with Crippen LogP contribution in [0.5, 0.6) is 0 Å². The Hall–Kier alpha value is -0.740. The van der Waals surface area contributed by atoms with Crippen LogP contribution in [0.15, 0.2) is 23.0 Å². The molecule has 1 rings (SSSR count). The number of aliphatic hydroxyl groups is 1. The molecule has 1 unspecified atom stereocenters. The van der Waals surface area contributed by atoms with Gasteiger partial charge in [0.1, 0.15) is 0 Å². The van der Waals surface area contributed by atoms with Crippen LogP contribution in [0, 0.1) is 0 Å². The van der Waals surface area contributed by atoms with Gasteiger partial charge in [0.25, 0.3) is 0 Å². The van der Waals surface area contributed by atoms with Gasteiger partial charge in [0.15, 0.2) is 4.93 Å². The molecule has 11 heavy (non-hydrogen) atoms. The van der Waals surface area contributed by atoms with E-state index >= 15 is 0 Å². The normalized spacial score (nSPS) is 23.6. The zero-order valence-corrected chi connectivity index (χ0v) is 6.95. The maximum Gasteiger partial charge on any atom is 0.345 e. The summed E-state index contributed by atoms with van der Waals surface area (Å²) in [6.45, 7) is 1.32. The molecule has 1 atom stereocenters. The molecule has 1 aliphatic heterocycles. The van der Waals surface area contributed by atoms with Crippen molar-refractivity contribution in [3.8, 4) is 0 Å². The fourth-order valence-electron chi connectivity index (χ4n) is 0.735. The summed E-state index contributed by atoms with van der Waals surface area (Å²) in [6, 6.07) is 0. The van der Waals surface area contributed by atoms with Gasteiger partial charge in [-0.05, 0) is 17.7 Å². The third-order valence-electron chi connectivity index (χ3n) is 1.51. The molecule has 0 spiro atoms. The summed E-state index contributed by atoms with van der Waals surface area (Å²) < 4.78 is 0. The molecular formula is C7H10O3S. The Morgan fingerprint density at radius 3 is 2.27 bits per heavy atom. The van der Waals surface area contributed by atoms with E-state index < -0.39 is 21.8 Å². The average Bonchev–Trinajstić information content (AvgIpc) is 2.37. The number of hydrogen-bond donors (Lipinski definition) is 3. The van der Waals surface area contributed by atoms with E-state index in [2.05, 4.69) is 0 Å². The second kappa shape index (κ2) is 2.71. The molecule has 0 amide bonds. The highest BCUT2D eigenvalue weighted by Crippen LogP contribution is 2.44. The van der Waals surface area contributed by atoms with Gasteiger partial charge in [0.2, 0.25) is 0 Å². The molecule has 0 saturated heterocycles. The lowest BCUT2D eigenvalue weighted by Gasteiger charge is -2.25. The van der Waals surface area contributed by atoms with E-state index in [1.165, 1.54) is 6.92 Å². The summed E-state index contributed by atoms with van der Waals surface area (Å²) in [4.78, 5) is 8.89. The summed E-state index contributed by atoms with van der Waals surface area (Å²) in [6.07, 6.45) is 3.51. The standard InChI is InChI=1S/C7H10O3S/c1-7(10,6(8)9)11-4-2-3-5-11/h2-5,10-11H,1H3,(H,8,9). The average molecular weight is 174 g/mol. The van der Waals surface area contributed by atoms with Crippen molar-refractivity contribution in [1.82, 2.24) is 0 Å². The molecule has 4 heteroatoms. The first-order chi connectivity index (χ1) is 5.05. The molecule has 0 radical (unpaired) electrons. The fraction of sp³-hybridized carbons (Fsp3) is 0.286. The molecule has 1 aliphatic rings. The second-order valence-corrected chi connectivity index (χ2v) is 4.70. The van der Waals surface area contributed by atoms with Crippen molar-refractivity contribution in [2.45, 2.75) is 11.9 Å². The first-order valence-electron chi connectivity index (χ1n) is 3.14. The fourth-order valence-corrected chi connectivity index (χ4v) is 2.21. The lowest BCUT2D eigenvalue weighted by molar-refractivity contribution is -0.148. The Morgan fingerprint density at radius 1 is 1.45 bits per heavy atom. The monoisotopic (exact) mass is 174 g/mol. The number of carbonyl (C=O) groups is 1. The number of carboxylic acid groups (broad SMARTS) is 1. The highest BCUT2D eigenvalue weighted by molar-refractivity contribution is 8.23. The highest BCUT2D eigenvalue weighted by Gasteiger charge is 2.34. The van der Waals surface area contributed by atoms with Crippen molar-refractivity contribution < 1.29 is 15.0 Å². The number of hydrogen-bond acceptors (Lipinski definition) is 2. The molecule has 0 bridgehead atoms. The van der Waals surface area contributed by atoms with E-state index in [0.29, 0.717) is 0 Å². The van der Waals surface area contributed by atoms with E-state index in [4.69, 9.17) is 5.11 Å². The van der Waals surface area contributed by atoms with Crippen LogP contribution < -0.4 is 0 Å². The van der Waals surface area contributed by atoms with Crippen molar-refractivity contribution in [2.75, 3.05) is 0 Å². The Labute approximate surface area is 67.4 Å². The van der Waals surface area contributed by atoms with Crippen LogP contribution in [0.4, 0.5) is 0 Å². The van der Waals surface area contributed by atoms with Crippen molar-refractivity contribution in [3.63, 3.8) is 0 Å². The van der Waals surface area contributed by atoms with E-state index in [9.17, 15) is 9.90 Å². The summed E-state index contributed by atoms with van der Waals surface area (Å²) in [5, 5.41) is 21.5. The Balaban J connectivity index is 2.80. The summed E-state index contributed by atoms with van der Waals surface area (Å²) in [5.74, 6) is -1.17. The molecule has 0 saturated carbocycles. The summed E-state index contributed by atoms with van der Waals surface area (Å²) >= 11 is 0. The molecule has 62 valence electrons. The minimum Gasteiger partial charge on any atom is -0.478 e. The molecule has 0 aromatic carbocycles. The van der Waals surface area contributed by atoms with Crippen LogP contribution in [0.3, 0.4) is 0 Å². The van der Waals surface area contributed by atoms with Crippen molar-refractivity contribution in [3.05, 3.63) is 23.0 Å². The van der Waals surface area contributed by atoms with E-state index in [1.54, 1.807) is 23.0 Å². The van der Waals surface area contributed by atoms with E-state index in [1.807, 2.05) is 0 Å². The largest absolute Gasteiger partial charge is 0.478 e. The quantitative estimate of drug-likeness (QED) is 0.543. The molecule has 1 heterocycles. The van der Waals surface area contributed by atoms with Crippen LogP contribution >= 0.6 is 10.9 Å². The molecule has 0 aliphatic carbocycles. The van der Waals surface area contributed by atoms with Gasteiger partial charge in [0, 0.05) is 0 Å². The third-order valence-corrected chi connectivity index (χ3v) is 3.70. The predicted molar refractivity (Wildman–Crippen MR) is 45.5 cm³/mol. The molecule has 2 N–H and O–H groups in total. The Bertz CT molecular complexity index is 218. The molecule has 0 fully saturated rings. The lowest BCUT2D eigenvalue weighted by atomic mass is 10.4. The van der Waals surface area contributed by atoms with Gasteiger partial charge in [-0.1, -0.05) is 12.2 Å². The smallest absolute Gasteiger partial charge is 0.345 e. The third kappa shape index (κ3) is 1.46. The maximum atomic E-state index is 10.5. The van der Waals surface area contributed by atoms with Gasteiger partial charge < -0.3 is 10.2 Å². The summed E-state index contributed by atoms with van der Waals surface area (Å²) in [7, 11) is -1.03. The topological polar surface area (TPSA) is 57.5 Å². The SMILES string of the molecule is CC(O)(C(=O)O)[SH]1C=CC=C1. The van der Waals surface area contributed by atoms with Gasteiger partial charge in [-0.3, -0.25) is 0 Å². The zero-order chi connectivity index (χ0) is 8.48. The first kappa shape index (κ1) is 8.36. The molecule has 0 aromatic heterocycles. The van der Waals surface area contributed by atoms with E-state index in [0.717, 1.165) is 0 Å². The minimum absolute atomic E-state index is 1.03. The number of carboxylic acids is 1. The zero-order valence-electron chi connectivity index (χ0n) is 6.06.